The minimum atomic E-state index is -4.39. The van der Waals surface area contributed by atoms with Crippen molar-refractivity contribution in [1.82, 2.24) is 5.32 Å². The van der Waals surface area contributed by atoms with Gasteiger partial charge in [0, 0.05) is 4.88 Å². The van der Waals surface area contributed by atoms with Gasteiger partial charge in [0.1, 0.15) is 11.9 Å². The molecule has 3 rings (SSSR count). The van der Waals surface area contributed by atoms with Gasteiger partial charge in [0.05, 0.1) is 23.6 Å². The molecule has 0 saturated carbocycles. The molecule has 0 aliphatic carbocycles. The molecule has 0 aliphatic rings. The fourth-order valence-electron chi connectivity index (χ4n) is 4.17. The molecule has 1 amide bonds. The molecule has 0 fully saturated rings. The number of carbonyl (C=O) groups excluding carboxylic acids is 2. The lowest BCUT2D eigenvalue weighted by Crippen LogP contribution is -2.37. The van der Waals surface area contributed by atoms with E-state index in [4.69, 9.17) is 9.47 Å². The predicted octanol–water partition coefficient (Wildman–Crippen LogP) is 6.48. The Labute approximate surface area is 229 Å². The van der Waals surface area contributed by atoms with Crippen LogP contribution < -0.4 is 10.1 Å². The number of esters is 1. The summed E-state index contributed by atoms with van der Waals surface area (Å²) in [6.07, 6.45) is -6.20. The Morgan fingerprint density at radius 2 is 1.64 bits per heavy atom. The summed E-state index contributed by atoms with van der Waals surface area (Å²) in [7, 11) is 0. The Kier molecular flexibility index (Phi) is 9.79. The molecular weight excluding hydrogens is 531 g/mol. The Morgan fingerprint density at radius 3 is 2.18 bits per heavy atom. The van der Waals surface area contributed by atoms with E-state index in [0.717, 1.165) is 33.7 Å². The Hall–Kier alpha value is -3.37. The molecule has 10 heteroatoms. The van der Waals surface area contributed by atoms with Gasteiger partial charge in [-0.3, -0.25) is 4.79 Å². The third-order valence-electron chi connectivity index (χ3n) is 6.02. The number of alkyl halides is 3. The van der Waals surface area contributed by atoms with Crippen molar-refractivity contribution in [2.45, 2.75) is 53.0 Å². The summed E-state index contributed by atoms with van der Waals surface area (Å²) in [4.78, 5) is 25.3. The molecule has 0 radical (unpaired) electrons. The number of aryl methyl sites for hydroxylation is 2. The monoisotopic (exact) mass is 563 g/mol. The first-order valence-electron chi connectivity index (χ1n) is 12.5. The number of nitrogens with one attached hydrogen (secondary N) is 1. The van der Waals surface area contributed by atoms with Crippen molar-refractivity contribution < 1.29 is 37.3 Å². The predicted molar refractivity (Wildman–Crippen MR) is 144 cm³/mol. The summed E-state index contributed by atoms with van der Waals surface area (Å²) in [5.41, 5.74) is 2.56. The number of benzene rings is 2. The molecule has 1 aromatic heterocycles. The van der Waals surface area contributed by atoms with Gasteiger partial charge in [0.2, 0.25) is 0 Å². The topological polar surface area (TPSA) is 84.9 Å². The molecule has 2 unspecified atom stereocenters. The van der Waals surface area contributed by atoms with E-state index in [1.165, 1.54) is 23.5 Å². The van der Waals surface area contributed by atoms with Gasteiger partial charge < -0.3 is 19.9 Å². The zero-order valence-electron chi connectivity index (χ0n) is 22.4. The first-order chi connectivity index (χ1) is 18.3. The maximum Gasteiger partial charge on any atom is 0.416 e. The van der Waals surface area contributed by atoms with Gasteiger partial charge >= 0.3 is 12.1 Å². The van der Waals surface area contributed by atoms with E-state index < -0.39 is 29.7 Å². The lowest BCUT2D eigenvalue weighted by Gasteiger charge is -2.23. The SMILES string of the molecule is CCOC(=O)C(O)CNC(=O)c1ccc(C(Oc2cc(C)c(-c3ccc(C(F)(F)F)cc3)c(C)c2)C(C)C)s1. The van der Waals surface area contributed by atoms with Crippen molar-refractivity contribution in [2.24, 2.45) is 5.92 Å². The molecule has 0 saturated heterocycles. The van der Waals surface area contributed by atoms with Crippen molar-refractivity contribution in [2.75, 3.05) is 13.2 Å². The number of carbonyl (C=O) groups is 2. The highest BCUT2D eigenvalue weighted by molar-refractivity contribution is 7.14. The van der Waals surface area contributed by atoms with Crippen LogP contribution in [0.5, 0.6) is 5.75 Å². The summed E-state index contributed by atoms with van der Waals surface area (Å²) in [5.74, 6) is -0.561. The molecule has 1 heterocycles. The zero-order chi connectivity index (χ0) is 28.9. The summed E-state index contributed by atoms with van der Waals surface area (Å²) in [5, 5.41) is 12.3. The van der Waals surface area contributed by atoms with Crippen LogP contribution in [0.3, 0.4) is 0 Å². The molecule has 2 atom stereocenters. The second kappa shape index (κ2) is 12.7. The van der Waals surface area contributed by atoms with Crippen molar-refractivity contribution in [3.8, 4) is 16.9 Å². The number of amides is 1. The average Bonchev–Trinajstić information content (AvgIpc) is 3.35. The molecule has 6 nitrogen and oxygen atoms in total. The highest BCUT2D eigenvalue weighted by Gasteiger charge is 2.30. The molecule has 0 spiro atoms. The fourth-order valence-corrected chi connectivity index (χ4v) is 5.30. The van der Waals surface area contributed by atoms with Gasteiger partial charge in [-0.15, -0.1) is 11.3 Å². The molecule has 2 N–H and O–H groups in total. The summed E-state index contributed by atoms with van der Waals surface area (Å²) < 4.78 is 50.0. The smallest absolute Gasteiger partial charge is 0.416 e. The van der Waals surface area contributed by atoms with E-state index in [-0.39, 0.29) is 25.2 Å². The van der Waals surface area contributed by atoms with Crippen LogP contribution >= 0.6 is 11.3 Å². The molecular formula is C29H32F3NO5S. The first-order valence-corrected chi connectivity index (χ1v) is 13.3. The highest BCUT2D eigenvalue weighted by Crippen LogP contribution is 2.37. The number of aliphatic hydroxyl groups excluding tert-OH is 1. The third kappa shape index (κ3) is 7.60. The van der Waals surface area contributed by atoms with Gasteiger partial charge in [-0.05, 0) is 85.3 Å². The standard InChI is InChI=1S/C29H32F3NO5S/c1-6-37-28(36)22(34)15-33-27(35)24-12-11-23(39-24)26(16(2)3)38-21-13-17(4)25(18(5)14-21)19-7-9-20(10-8-19)29(30,31)32/h7-14,16,22,26,34H,6,15H2,1-5H3,(H,33,35). The molecule has 210 valence electrons. The van der Waals surface area contributed by atoms with Crippen molar-refractivity contribution in [3.05, 3.63) is 75.0 Å². The maximum atomic E-state index is 13.0. The van der Waals surface area contributed by atoms with Crippen LogP contribution in [0.15, 0.2) is 48.5 Å². The number of ether oxygens (including phenoxy) is 2. The molecule has 39 heavy (non-hydrogen) atoms. The Balaban J connectivity index is 1.75. The van der Waals surface area contributed by atoms with Crippen molar-refractivity contribution in [1.29, 1.82) is 0 Å². The van der Waals surface area contributed by atoms with Crippen LogP contribution in [0.1, 0.15) is 58.1 Å². The lowest BCUT2D eigenvalue weighted by atomic mass is 9.94. The van der Waals surface area contributed by atoms with Crippen LogP contribution in [0.25, 0.3) is 11.1 Å². The summed E-state index contributed by atoms with van der Waals surface area (Å²) >= 11 is 1.25. The Bertz CT molecular complexity index is 1280. The van der Waals surface area contributed by atoms with Crippen LogP contribution in [0, 0.1) is 19.8 Å². The number of hydrogen-bond acceptors (Lipinski definition) is 6. The normalized spacial score (nSPS) is 13.2. The average molecular weight is 564 g/mol. The number of halogens is 3. The number of aliphatic hydroxyl groups is 1. The van der Waals surface area contributed by atoms with E-state index in [0.29, 0.717) is 16.2 Å². The maximum absolute atomic E-state index is 13.0. The third-order valence-corrected chi connectivity index (χ3v) is 7.17. The molecule has 2 aromatic carbocycles. The number of rotatable bonds is 10. The van der Waals surface area contributed by atoms with Crippen LogP contribution in [0.2, 0.25) is 0 Å². The van der Waals surface area contributed by atoms with Gasteiger partial charge in [-0.25, -0.2) is 4.79 Å². The van der Waals surface area contributed by atoms with E-state index >= 15 is 0 Å². The molecule has 3 aromatic rings. The van der Waals surface area contributed by atoms with Crippen molar-refractivity contribution >= 4 is 23.2 Å². The minimum absolute atomic E-state index is 0.0559. The fraction of sp³-hybridized carbons (Fsp3) is 0.379. The largest absolute Gasteiger partial charge is 0.485 e. The second-order valence-electron chi connectivity index (χ2n) is 9.47. The van der Waals surface area contributed by atoms with Crippen LogP contribution in [0.4, 0.5) is 13.2 Å². The van der Waals surface area contributed by atoms with Crippen molar-refractivity contribution in [3.63, 3.8) is 0 Å². The summed E-state index contributed by atoms with van der Waals surface area (Å²) in [6.45, 7) is 9.25. The lowest BCUT2D eigenvalue weighted by molar-refractivity contribution is -0.152. The Morgan fingerprint density at radius 1 is 1.03 bits per heavy atom. The number of thiophene rings is 1. The van der Waals surface area contributed by atoms with E-state index in [1.54, 1.807) is 13.0 Å². The van der Waals surface area contributed by atoms with E-state index in [9.17, 15) is 27.9 Å². The van der Waals surface area contributed by atoms with Gasteiger partial charge in [-0.2, -0.15) is 13.2 Å². The van der Waals surface area contributed by atoms with Gasteiger partial charge in [0.15, 0.2) is 6.10 Å². The first kappa shape index (κ1) is 30.2. The van der Waals surface area contributed by atoms with Gasteiger partial charge in [-0.1, -0.05) is 26.0 Å². The minimum Gasteiger partial charge on any atom is -0.485 e. The van der Waals surface area contributed by atoms with Crippen LogP contribution in [-0.2, 0) is 15.7 Å². The van der Waals surface area contributed by atoms with Crippen LogP contribution in [-0.4, -0.2) is 36.2 Å². The molecule has 0 aliphatic heterocycles. The zero-order valence-corrected chi connectivity index (χ0v) is 23.2. The number of hydrogen-bond donors (Lipinski definition) is 2. The second-order valence-corrected chi connectivity index (χ2v) is 10.6. The molecule has 0 bridgehead atoms. The quantitative estimate of drug-likeness (QED) is 0.276. The van der Waals surface area contributed by atoms with E-state index in [1.807, 2.05) is 45.9 Å². The van der Waals surface area contributed by atoms with Gasteiger partial charge in [0.25, 0.3) is 5.91 Å². The summed E-state index contributed by atoms with van der Waals surface area (Å²) in [6, 6.07) is 12.3. The van der Waals surface area contributed by atoms with E-state index in [2.05, 4.69) is 5.32 Å². The highest BCUT2D eigenvalue weighted by atomic mass is 32.1.